The van der Waals surface area contributed by atoms with Gasteiger partial charge in [-0.15, -0.1) is 0 Å². The number of aryl methyl sites for hydroxylation is 1. The van der Waals surface area contributed by atoms with E-state index in [4.69, 9.17) is 0 Å². The van der Waals surface area contributed by atoms with Crippen LogP contribution in [0.4, 0.5) is 8.78 Å². The lowest BCUT2D eigenvalue weighted by Crippen LogP contribution is -2.02. The highest BCUT2D eigenvalue weighted by Crippen LogP contribution is 2.17. The molecule has 0 N–H and O–H groups in total. The van der Waals surface area contributed by atoms with Gasteiger partial charge in [0.15, 0.2) is 0 Å². The maximum atomic E-state index is 11.7. The molecule has 0 aliphatic rings. The fourth-order valence-corrected chi connectivity index (χ4v) is 0.995. The zero-order valence-electron chi connectivity index (χ0n) is 6.22. The van der Waals surface area contributed by atoms with Crippen LogP contribution in [0.2, 0.25) is 0 Å². The predicted molar refractivity (Wildman–Crippen MR) is 48.3 cm³/mol. The molecule has 2 nitrogen and oxygen atoms in total. The number of alkyl halides is 2. The molecule has 0 aromatic carbocycles. The second-order valence-electron chi connectivity index (χ2n) is 2.16. The molecule has 0 bridgehead atoms. The van der Waals surface area contributed by atoms with Crippen molar-refractivity contribution in [1.82, 2.24) is 4.98 Å². The molecule has 0 saturated carbocycles. The van der Waals surface area contributed by atoms with Crippen LogP contribution in [-0.4, -0.2) is 11.6 Å². The quantitative estimate of drug-likeness (QED) is 0.615. The van der Waals surface area contributed by atoms with Crippen LogP contribution in [0.5, 0.6) is 5.75 Å². The van der Waals surface area contributed by atoms with Crippen LogP contribution in [0.3, 0.4) is 0 Å². The summed E-state index contributed by atoms with van der Waals surface area (Å²) in [5.41, 5.74) is 0.828. The van der Waals surface area contributed by atoms with Crippen molar-refractivity contribution in [2.75, 3.05) is 0 Å². The highest BCUT2D eigenvalue weighted by Gasteiger charge is 2.05. The van der Waals surface area contributed by atoms with E-state index in [1.165, 1.54) is 12.3 Å². The second kappa shape index (κ2) is 3.97. The first-order valence-corrected chi connectivity index (χ1v) is 4.24. The van der Waals surface area contributed by atoms with E-state index in [-0.39, 0.29) is 5.75 Å². The van der Waals surface area contributed by atoms with Crippen molar-refractivity contribution in [2.45, 2.75) is 13.5 Å². The summed E-state index contributed by atoms with van der Waals surface area (Å²) in [5, 5.41) is 0. The molecule has 1 rings (SSSR count). The van der Waals surface area contributed by atoms with E-state index in [9.17, 15) is 8.78 Å². The van der Waals surface area contributed by atoms with Crippen molar-refractivity contribution < 1.29 is 13.5 Å². The van der Waals surface area contributed by atoms with Gasteiger partial charge in [0.05, 0.1) is 6.20 Å². The number of hydrogen-bond acceptors (Lipinski definition) is 2. The zero-order valence-corrected chi connectivity index (χ0v) is 8.38. The van der Waals surface area contributed by atoms with Gasteiger partial charge in [0.25, 0.3) is 0 Å². The van der Waals surface area contributed by atoms with Gasteiger partial charge in [-0.1, -0.05) is 0 Å². The Kier molecular flexibility index (Phi) is 3.19. The van der Waals surface area contributed by atoms with Gasteiger partial charge in [0, 0.05) is 0 Å². The van der Waals surface area contributed by atoms with E-state index >= 15 is 0 Å². The Hall–Kier alpha value is -0.460. The third-order valence-corrected chi connectivity index (χ3v) is 2.34. The highest BCUT2D eigenvalue weighted by atomic mass is 127. The number of rotatable bonds is 2. The monoisotopic (exact) mass is 285 g/mol. The third-order valence-electron chi connectivity index (χ3n) is 1.21. The Balaban J connectivity index is 2.82. The van der Waals surface area contributed by atoms with Crippen molar-refractivity contribution in [2.24, 2.45) is 0 Å². The van der Waals surface area contributed by atoms with E-state index in [1.54, 1.807) is 6.92 Å². The fourth-order valence-electron chi connectivity index (χ4n) is 0.700. The lowest BCUT2D eigenvalue weighted by atomic mass is 10.3. The summed E-state index contributed by atoms with van der Waals surface area (Å²) in [6.07, 6.45) is 1.28. The van der Waals surface area contributed by atoms with Crippen LogP contribution in [0.1, 0.15) is 5.56 Å². The van der Waals surface area contributed by atoms with Crippen LogP contribution < -0.4 is 4.74 Å². The summed E-state index contributed by atoms with van der Waals surface area (Å²) in [5.74, 6) is 0.0999. The minimum atomic E-state index is -2.79. The molecule has 0 atom stereocenters. The topological polar surface area (TPSA) is 22.1 Å². The van der Waals surface area contributed by atoms with Crippen molar-refractivity contribution in [1.29, 1.82) is 0 Å². The van der Waals surface area contributed by atoms with Gasteiger partial charge in [-0.25, -0.2) is 4.98 Å². The van der Waals surface area contributed by atoms with Crippen LogP contribution in [0.25, 0.3) is 0 Å². The number of pyridine rings is 1. The average molecular weight is 285 g/mol. The van der Waals surface area contributed by atoms with Crippen molar-refractivity contribution in [3.05, 3.63) is 21.5 Å². The van der Waals surface area contributed by atoms with Crippen LogP contribution in [-0.2, 0) is 0 Å². The third kappa shape index (κ3) is 2.54. The Morgan fingerprint density at radius 1 is 1.58 bits per heavy atom. The molecule has 0 saturated heterocycles. The van der Waals surface area contributed by atoms with E-state index in [1.807, 2.05) is 22.6 Å². The standard InChI is InChI=1S/C7H6F2INO/c1-4-2-5(12-7(8)9)3-11-6(4)10/h2-3,7H,1H3. The minimum Gasteiger partial charge on any atom is -0.433 e. The van der Waals surface area contributed by atoms with Crippen molar-refractivity contribution in [3.63, 3.8) is 0 Å². The molecule has 12 heavy (non-hydrogen) atoms. The Labute approximate surface area is 82.1 Å². The van der Waals surface area contributed by atoms with Gasteiger partial charge in [-0.3, -0.25) is 0 Å². The van der Waals surface area contributed by atoms with Crippen molar-refractivity contribution >= 4 is 22.6 Å². The van der Waals surface area contributed by atoms with Crippen LogP contribution in [0.15, 0.2) is 12.3 Å². The fraction of sp³-hybridized carbons (Fsp3) is 0.286. The number of nitrogens with zero attached hydrogens (tertiary/aromatic N) is 1. The van der Waals surface area contributed by atoms with E-state index in [0.29, 0.717) is 0 Å². The molecule has 1 heterocycles. The lowest BCUT2D eigenvalue weighted by molar-refractivity contribution is -0.0501. The molecule has 0 aliphatic carbocycles. The molecular formula is C7H6F2INO. The second-order valence-corrected chi connectivity index (χ2v) is 3.18. The van der Waals surface area contributed by atoms with E-state index in [2.05, 4.69) is 9.72 Å². The Morgan fingerprint density at radius 3 is 2.75 bits per heavy atom. The zero-order chi connectivity index (χ0) is 9.14. The molecular weight excluding hydrogens is 279 g/mol. The molecule has 1 aromatic heterocycles. The SMILES string of the molecule is Cc1cc(OC(F)F)cnc1I. The van der Waals surface area contributed by atoms with Gasteiger partial charge in [0.1, 0.15) is 9.45 Å². The number of ether oxygens (including phenoxy) is 1. The van der Waals surface area contributed by atoms with Crippen LogP contribution >= 0.6 is 22.6 Å². The summed E-state index contributed by atoms with van der Waals surface area (Å²) in [7, 11) is 0. The molecule has 0 aliphatic heterocycles. The average Bonchev–Trinajstić information content (AvgIpc) is 1.96. The molecule has 0 fully saturated rings. The normalized spacial score (nSPS) is 10.4. The van der Waals surface area contributed by atoms with Gasteiger partial charge in [-0.05, 0) is 41.1 Å². The number of hydrogen-bond donors (Lipinski definition) is 0. The summed E-state index contributed by atoms with van der Waals surface area (Å²) in [6, 6.07) is 1.53. The van der Waals surface area contributed by atoms with Crippen molar-refractivity contribution in [3.8, 4) is 5.75 Å². The maximum absolute atomic E-state index is 11.7. The van der Waals surface area contributed by atoms with Crippen LogP contribution in [0, 0.1) is 10.6 Å². The maximum Gasteiger partial charge on any atom is 0.387 e. The number of halogens is 3. The molecule has 1 aromatic rings. The van der Waals surface area contributed by atoms with Gasteiger partial charge < -0.3 is 4.74 Å². The van der Waals surface area contributed by atoms with Gasteiger partial charge in [-0.2, -0.15) is 8.78 Å². The summed E-state index contributed by atoms with van der Waals surface area (Å²) >= 11 is 2.02. The first-order chi connectivity index (χ1) is 5.59. The number of aromatic nitrogens is 1. The predicted octanol–water partition coefficient (Wildman–Crippen LogP) is 2.60. The van der Waals surface area contributed by atoms with E-state index < -0.39 is 6.61 Å². The summed E-state index contributed by atoms with van der Waals surface area (Å²) in [6.45, 7) is -1.00. The smallest absolute Gasteiger partial charge is 0.387 e. The molecule has 5 heteroatoms. The molecule has 0 spiro atoms. The molecule has 66 valence electrons. The lowest BCUT2D eigenvalue weighted by Gasteiger charge is -2.04. The first kappa shape index (κ1) is 9.63. The Bertz CT molecular complexity index is 280. The summed E-state index contributed by atoms with van der Waals surface area (Å²) in [4.78, 5) is 3.86. The van der Waals surface area contributed by atoms with Gasteiger partial charge in [0.2, 0.25) is 0 Å². The largest absolute Gasteiger partial charge is 0.433 e. The van der Waals surface area contributed by atoms with Gasteiger partial charge >= 0.3 is 6.61 Å². The summed E-state index contributed by atoms with van der Waals surface area (Å²) < 4.78 is 28.3. The Morgan fingerprint density at radius 2 is 2.25 bits per heavy atom. The van der Waals surface area contributed by atoms with E-state index in [0.717, 1.165) is 9.26 Å². The minimum absolute atomic E-state index is 0.0999. The highest BCUT2D eigenvalue weighted by molar-refractivity contribution is 14.1. The molecule has 0 unspecified atom stereocenters. The molecule has 0 amide bonds. The molecule has 0 radical (unpaired) electrons. The first-order valence-electron chi connectivity index (χ1n) is 3.16.